The van der Waals surface area contributed by atoms with Crippen LogP contribution in [0.5, 0.6) is 11.5 Å². The van der Waals surface area contributed by atoms with Crippen molar-refractivity contribution in [2.75, 3.05) is 13.2 Å². The van der Waals surface area contributed by atoms with Gasteiger partial charge in [0.2, 0.25) is 0 Å². The Morgan fingerprint density at radius 3 is 1.19 bits per heavy atom. The van der Waals surface area contributed by atoms with Gasteiger partial charge in [0.25, 0.3) is 0 Å². The van der Waals surface area contributed by atoms with Crippen LogP contribution in [0.1, 0.15) is 92.2 Å². The van der Waals surface area contributed by atoms with Crippen LogP contribution in [0, 0.1) is 10.8 Å². The van der Waals surface area contributed by atoms with Crippen LogP contribution >= 0.6 is 0 Å². The monoisotopic (exact) mass is 652 g/mol. The third-order valence-corrected chi connectivity index (χ3v) is 10.4. The van der Waals surface area contributed by atoms with Gasteiger partial charge in [0.1, 0.15) is 24.7 Å². The first-order chi connectivity index (χ1) is 21.6. The van der Waals surface area contributed by atoms with Crippen molar-refractivity contribution in [3.05, 3.63) is 83.0 Å². The highest BCUT2D eigenvalue weighted by molar-refractivity contribution is 5.35. The molecule has 8 heteroatoms. The topological polar surface area (TPSA) is 140 Å². The lowest BCUT2D eigenvalue weighted by Gasteiger charge is -2.51. The van der Waals surface area contributed by atoms with Gasteiger partial charge in [-0.25, -0.2) is 0 Å². The predicted molar refractivity (Wildman–Crippen MR) is 183 cm³/mol. The minimum absolute atomic E-state index is 0.0347. The van der Waals surface area contributed by atoms with Gasteiger partial charge in [0.15, 0.2) is 0 Å². The van der Waals surface area contributed by atoms with Crippen LogP contribution in [0.15, 0.2) is 71.8 Å². The number of aliphatic hydroxyl groups excluding tert-OH is 2. The number of rotatable bonds is 12. The second-order valence-corrected chi connectivity index (χ2v) is 16.0. The third kappa shape index (κ3) is 8.48. The summed E-state index contributed by atoms with van der Waals surface area (Å²) in [4.78, 5) is 0. The summed E-state index contributed by atoms with van der Waals surface area (Å²) in [6, 6.07) is 15.4. The second-order valence-electron chi connectivity index (χ2n) is 16.0. The molecular formula is C39H56O8. The molecule has 0 fully saturated rings. The molecule has 0 spiro atoms. The van der Waals surface area contributed by atoms with E-state index in [1.54, 1.807) is 39.8 Å². The average molecular weight is 653 g/mol. The minimum atomic E-state index is -1.25. The van der Waals surface area contributed by atoms with Gasteiger partial charge in [-0.1, -0.05) is 64.1 Å². The molecule has 0 aliphatic heterocycles. The van der Waals surface area contributed by atoms with E-state index in [-0.39, 0.29) is 26.1 Å². The lowest BCUT2D eigenvalue weighted by atomic mass is 9.59. The van der Waals surface area contributed by atoms with Crippen molar-refractivity contribution in [3.63, 3.8) is 0 Å². The molecule has 47 heavy (non-hydrogen) atoms. The van der Waals surface area contributed by atoms with Gasteiger partial charge in [-0.2, -0.15) is 0 Å². The molecule has 0 bridgehead atoms. The first-order valence-electron chi connectivity index (χ1n) is 16.7. The molecule has 6 N–H and O–H groups in total. The van der Waals surface area contributed by atoms with Gasteiger partial charge in [0.05, 0.1) is 34.6 Å². The van der Waals surface area contributed by atoms with Crippen molar-refractivity contribution in [1.29, 1.82) is 0 Å². The number of aliphatic hydroxyl groups is 6. The molecular weight excluding hydrogens is 596 g/mol. The normalized spacial score (nSPS) is 31.4. The van der Waals surface area contributed by atoms with Gasteiger partial charge in [0, 0.05) is 23.7 Å². The fourth-order valence-electron chi connectivity index (χ4n) is 8.13. The number of benzene rings is 2. The van der Waals surface area contributed by atoms with Crippen molar-refractivity contribution < 1.29 is 40.1 Å². The van der Waals surface area contributed by atoms with Gasteiger partial charge in [-0.15, -0.1) is 0 Å². The number of hydrogen-bond acceptors (Lipinski definition) is 8. The maximum Gasteiger partial charge on any atom is 0.119 e. The Balaban J connectivity index is 1.25. The molecule has 0 radical (unpaired) electrons. The Morgan fingerprint density at radius 1 is 0.574 bits per heavy atom. The molecule has 0 saturated carbocycles. The summed E-state index contributed by atoms with van der Waals surface area (Å²) >= 11 is 0. The summed E-state index contributed by atoms with van der Waals surface area (Å²) in [5, 5.41) is 65.6. The maximum absolute atomic E-state index is 11.5. The van der Waals surface area contributed by atoms with Crippen molar-refractivity contribution in [1.82, 2.24) is 0 Å². The van der Waals surface area contributed by atoms with Crippen molar-refractivity contribution >= 4 is 0 Å². The second kappa shape index (κ2) is 13.3. The molecule has 260 valence electrons. The summed E-state index contributed by atoms with van der Waals surface area (Å²) < 4.78 is 11.7. The Kier molecular flexibility index (Phi) is 10.5. The lowest BCUT2D eigenvalue weighted by Crippen LogP contribution is -2.55. The van der Waals surface area contributed by atoms with Crippen LogP contribution in [0.4, 0.5) is 0 Å². The zero-order chi connectivity index (χ0) is 35.1. The largest absolute Gasteiger partial charge is 0.491 e. The standard InChI is InChI=1S/C39H56O8/c1-26-18-36(7,42)24-34(3,4)38(26,44)20-30(40)22-46-32-13-9-28(10-14-32)17-29-11-15-33(16-12-29)47-23-31(41)21-39(45)27(2)19-37(8,43)25-35(39,5)6/h9-16,18-19,30-31,40-45H,17,20-25H2,1-8H3. The van der Waals surface area contributed by atoms with Crippen LogP contribution in [0.25, 0.3) is 0 Å². The number of ether oxygens (including phenoxy) is 2. The van der Waals surface area contributed by atoms with Crippen molar-refractivity contribution in [2.24, 2.45) is 10.8 Å². The van der Waals surface area contributed by atoms with E-state index in [9.17, 15) is 30.6 Å². The summed E-state index contributed by atoms with van der Waals surface area (Å²) in [6.45, 7) is 14.8. The average Bonchev–Trinajstić information content (AvgIpc) is 2.93. The third-order valence-electron chi connectivity index (χ3n) is 10.4. The van der Waals surface area contributed by atoms with Gasteiger partial charge < -0.3 is 40.1 Å². The molecule has 0 heterocycles. The van der Waals surface area contributed by atoms with E-state index in [0.29, 0.717) is 41.9 Å². The molecule has 6 atom stereocenters. The fraction of sp³-hybridized carbons (Fsp3) is 0.590. The zero-order valence-electron chi connectivity index (χ0n) is 29.4. The molecule has 6 unspecified atom stereocenters. The molecule has 0 aromatic heterocycles. The molecule has 4 rings (SSSR count). The van der Waals surface area contributed by atoms with E-state index in [4.69, 9.17) is 9.47 Å². The van der Waals surface area contributed by atoms with E-state index in [0.717, 1.165) is 11.1 Å². The molecule has 2 aromatic carbocycles. The van der Waals surface area contributed by atoms with Crippen LogP contribution in [0.2, 0.25) is 0 Å². The van der Waals surface area contributed by atoms with Gasteiger partial charge in [-0.3, -0.25) is 0 Å². The van der Waals surface area contributed by atoms with E-state index in [1.165, 1.54) is 0 Å². The SMILES string of the molecule is CC1=CC(C)(O)CC(C)(C)C1(O)CC(O)COc1ccc(Cc2ccc(OCC(O)CC3(O)C(C)=CC(C)(O)CC3(C)C)cc2)cc1. The Morgan fingerprint density at radius 2 is 0.894 bits per heavy atom. The first kappa shape index (κ1) is 37.1. The van der Waals surface area contributed by atoms with E-state index >= 15 is 0 Å². The summed E-state index contributed by atoms with van der Waals surface area (Å²) in [6.07, 6.45) is 3.27. The van der Waals surface area contributed by atoms with Crippen LogP contribution in [0.3, 0.4) is 0 Å². The Labute approximate surface area is 280 Å². The van der Waals surface area contributed by atoms with Crippen molar-refractivity contribution in [3.8, 4) is 11.5 Å². The first-order valence-corrected chi connectivity index (χ1v) is 16.7. The number of hydrogen-bond donors (Lipinski definition) is 6. The van der Waals surface area contributed by atoms with E-state index < -0.39 is 45.4 Å². The van der Waals surface area contributed by atoms with E-state index in [2.05, 4.69) is 0 Å². The highest BCUT2D eigenvalue weighted by Crippen LogP contribution is 2.51. The van der Waals surface area contributed by atoms with Crippen LogP contribution in [-0.2, 0) is 6.42 Å². The molecule has 0 saturated heterocycles. The minimum Gasteiger partial charge on any atom is -0.491 e. The van der Waals surface area contributed by atoms with E-state index in [1.807, 2.05) is 76.2 Å². The summed E-state index contributed by atoms with van der Waals surface area (Å²) in [7, 11) is 0. The highest BCUT2D eigenvalue weighted by Gasteiger charge is 2.53. The summed E-state index contributed by atoms with van der Waals surface area (Å²) in [5.74, 6) is 1.25. The highest BCUT2D eigenvalue weighted by atomic mass is 16.5. The zero-order valence-corrected chi connectivity index (χ0v) is 29.4. The Bertz CT molecular complexity index is 1330. The van der Waals surface area contributed by atoms with Crippen LogP contribution < -0.4 is 9.47 Å². The fourth-order valence-corrected chi connectivity index (χ4v) is 8.13. The summed E-state index contributed by atoms with van der Waals surface area (Å²) in [5.41, 5.74) is -2.27. The molecule has 2 aromatic rings. The van der Waals surface area contributed by atoms with Crippen LogP contribution in [-0.4, -0.2) is 78.5 Å². The molecule has 2 aliphatic rings. The molecule has 0 amide bonds. The lowest BCUT2D eigenvalue weighted by molar-refractivity contribution is -0.111. The molecule has 2 aliphatic carbocycles. The quantitative estimate of drug-likeness (QED) is 0.171. The molecule has 8 nitrogen and oxygen atoms in total. The van der Waals surface area contributed by atoms with Crippen molar-refractivity contribution in [2.45, 2.75) is 122 Å². The van der Waals surface area contributed by atoms with Gasteiger partial charge >= 0.3 is 0 Å². The Hall–Kier alpha value is -2.72. The van der Waals surface area contributed by atoms with Gasteiger partial charge in [-0.05, 0) is 93.5 Å². The smallest absolute Gasteiger partial charge is 0.119 e. The predicted octanol–water partition coefficient (Wildman–Crippen LogP) is 5.25. The maximum atomic E-state index is 11.5.